The van der Waals surface area contributed by atoms with E-state index in [1.807, 2.05) is 13.8 Å². The standard InChI is InChI=1S/C12H22NO/c1-10(2)13-12(14)9-8-11-6-4-3-5-7-11/h10-11H,3-9H2,1-2H3. The van der Waals surface area contributed by atoms with E-state index in [1.54, 1.807) is 0 Å². The highest BCUT2D eigenvalue weighted by Crippen LogP contribution is 2.27. The summed E-state index contributed by atoms with van der Waals surface area (Å²) in [6.07, 6.45) is 8.50. The number of nitrogens with zero attached hydrogens (tertiary/aromatic N) is 1. The Balaban J connectivity index is 2.09. The smallest absolute Gasteiger partial charge is 0.241 e. The summed E-state index contributed by atoms with van der Waals surface area (Å²) in [5.74, 6) is 0.903. The molecule has 0 N–H and O–H groups in total. The average molecular weight is 196 g/mol. The van der Waals surface area contributed by atoms with E-state index >= 15 is 0 Å². The van der Waals surface area contributed by atoms with E-state index in [2.05, 4.69) is 5.32 Å². The first-order chi connectivity index (χ1) is 6.68. The molecule has 1 aliphatic carbocycles. The lowest BCUT2D eigenvalue weighted by atomic mass is 9.86. The molecule has 0 aliphatic heterocycles. The summed E-state index contributed by atoms with van der Waals surface area (Å²) >= 11 is 0. The Morgan fingerprint density at radius 2 is 1.93 bits per heavy atom. The first kappa shape index (κ1) is 11.5. The zero-order valence-corrected chi connectivity index (χ0v) is 9.46. The summed E-state index contributed by atoms with van der Waals surface area (Å²) in [6.45, 7) is 3.91. The van der Waals surface area contributed by atoms with Gasteiger partial charge < -0.3 is 0 Å². The molecule has 2 nitrogen and oxygen atoms in total. The minimum Gasteiger partial charge on any atom is -0.273 e. The van der Waals surface area contributed by atoms with Crippen molar-refractivity contribution in [3.05, 3.63) is 0 Å². The first-order valence-electron chi connectivity index (χ1n) is 5.92. The van der Waals surface area contributed by atoms with E-state index in [1.165, 1.54) is 32.1 Å². The van der Waals surface area contributed by atoms with Crippen LogP contribution in [0.1, 0.15) is 58.8 Å². The monoisotopic (exact) mass is 196 g/mol. The molecule has 14 heavy (non-hydrogen) atoms. The van der Waals surface area contributed by atoms with Gasteiger partial charge in [-0.1, -0.05) is 32.1 Å². The van der Waals surface area contributed by atoms with Crippen LogP contribution in [0.4, 0.5) is 0 Å². The van der Waals surface area contributed by atoms with Gasteiger partial charge in [-0.2, -0.15) is 0 Å². The van der Waals surface area contributed by atoms with E-state index in [9.17, 15) is 4.79 Å². The van der Waals surface area contributed by atoms with Crippen LogP contribution in [0, 0.1) is 5.92 Å². The minimum absolute atomic E-state index is 0.102. The van der Waals surface area contributed by atoms with Gasteiger partial charge in [0.25, 0.3) is 0 Å². The topological polar surface area (TPSA) is 31.2 Å². The van der Waals surface area contributed by atoms with Crippen molar-refractivity contribution >= 4 is 5.91 Å². The Labute approximate surface area is 87.5 Å². The maximum absolute atomic E-state index is 11.3. The highest BCUT2D eigenvalue weighted by molar-refractivity contribution is 5.75. The van der Waals surface area contributed by atoms with Crippen LogP contribution in [0.25, 0.3) is 0 Å². The van der Waals surface area contributed by atoms with Gasteiger partial charge in [0.05, 0.1) is 0 Å². The van der Waals surface area contributed by atoms with Gasteiger partial charge in [-0.3, -0.25) is 4.79 Å². The van der Waals surface area contributed by atoms with Crippen molar-refractivity contribution in [1.82, 2.24) is 5.32 Å². The molecule has 1 radical (unpaired) electrons. The molecule has 1 aliphatic rings. The zero-order valence-electron chi connectivity index (χ0n) is 9.46. The second-order valence-electron chi connectivity index (χ2n) is 4.66. The van der Waals surface area contributed by atoms with Gasteiger partial charge in [-0.05, 0) is 26.2 Å². The molecule has 0 saturated heterocycles. The van der Waals surface area contributed by atoms with Gasteiger partial charge in [0.2, 0.25) is 5.91 Å². The van der Waals surface area contributed by atoms with Crippen molar-refractivity contribution in [2.24, 2.45) is 5.92 Å². The van der Waals surface area contributed by atoms with E-state index in [-0.39, 0.29) is 11.9 Å². The molecule has 0 aromatic heterocycles. The largest absolute Gasteiger partial charge is 0.273 e. The lowest BCUT2D eigenvalue weighted by Crippen LogP contribution is -2.23. The minimum atomic E-state index is 0.102. The van der Waals surface area contributed by atoms with Gasteiger partial charge in [-0.15, -0.1) is 0 Å². The van der Waals surface area contributed by atoms with E-state index in [4.69, 9.17) is 0 Å². The molecule has 0 heterocycles. The Morgan fingerprint density at radius 3 is 2.50 bits per heavy atom. The molecule has 2 heteroatoms. The summed E-state index contributed by atoms with van der Waals surface area (Å²) in [4.78, 5) is 11.3. The molecule has 1 saturated carbocycles. The van der Waals surface area contributed by atoms with Crippen molar-refractivity contribution in [2.45, 2.75) is 64.8 Å². The van der Waals surface area contributed by atoms with Crippen LogP contribution in [0.15, 0.2) is 0 Å². The van der Waals surface area contributed by atoms with Crippen LogP contribution < -0.4 is 5.32 Å². The molecule has 1 rings (SSSR count). The maximum Gasteiger partial charge on any atom is 0.241 e. The number of rotatable bonds is 4. The third-order valence-corrected chi connectivity index (χ3v) is 2.89. The summed E-state index contributed by atoms with van der Waals surface area (Å²) in [6, 6.07) is 0.161. The predicted molar refractivity (Wildman–Crippen MR) is 58.1 cm³/mol. The Morgan fingerprint density at radius 1 is 1.29 bits per heavy atom. The summed E-state index contributed by atoms with van der Waals surface area (Å²) in [5, 5.41) is 4.02. The fraction of sp³-hybridized carbons (Fsp3) is 0.917. The number of amides is 1. The van der Waals surface area contributed by atoms with Crippen molar-refractivity contribution < 1.29 is 4.79 Å². The van der Waals surface area contributed by atoms with Gasteiger partial charge >= 0.3 is 0 Å². The molecule has 81 valence electrons. The SMILES string of the molecule is CC(C)[N]C(=O)CCC1CCCCC1. The number of hydrogen-bond donors (Lipinski definition) is 0. The van der Waals surface area contributed by atoms with Gasteiger partial charge in [0, 0.05) is 12.5 Å². The van der Waals surface area contributed by atoms with E-state index in [0.717, 1.165) is 12.3 Å². The molecule has 0 unspecified atom stereocenters. The zero-order chi connectivity index (χ0) is 10.4. The second kappa shape index (κ2) is 6.05. The Kier molecular flexibility index (Phi) is 4.99. The van der Waals surface area contributed by atoms with Crippen LogP contribution in [0.2, 0.25) is 0 Å². The van der Waals surface area contributed by atoms with Crippen molar-refractivity contribution in [1.29, 1.82) is 0 Å². The van der Waals surface area contributed by atoms with Gasteiger partial charge in [0.15, 0.2) is 0 Å². The van der Waals surface area contributed by atoms with Gasteiger partial charge in [-0.25, -0.2) is 5.32 Å². The second-order valence-corrected chi connectivity index (χ2v) is 4.66. The molecule has 0 aromatic rings. The highest BCUT2D eigenvalue weighted by atomic mass is 16.1. The average Bonchev–Trinajstić information content (AvgIpc) is 2.15. The fourth-order valence-electron chi connectivity index (χ4n) is 2.16. The molecular weight excluding hydrogens is 174 g/mol. The normalized spacial score (nSPS) is 18.5. The number of carbonyl (C=O) groups excluding carboxylic acids is 1. The maximum atomic E-state index is 11.3. The van der Waals surface area contributed by atoms with Crippen LogP contribution in [-0.2, 0) is 4.79 Å². The molecule has 0 spiro atoms. The molecule has 0 aromatic carbocycles. The molecule has 0 bridgehead atoms. The number of hydrogen-bond acceptors (Lipinski definition) is 1. The molecule has 1 fully saturated rings. The number of carbonyl (C=O) groups is 1. The third kappa shape index (κ3) is 4.64. The Bertz CT molecular complexity index is 171. The van der Waals surface area contributed by atoms with Crippen molar-refractivity contribution in [2.75, 3.05) is 0 Å². The van der Waals surface area contributed by atoms with E-state index < -0.39 is 0 Å². The summed E-state index contributed by atoms with van der Waals surface area (Å²) in [7, 11) is 0. The third-order valence-electron chi connectivity index (χ3n) is 2.89. The molecule has 1 amide bonds. The quantitative estimate of drug-likeness (QED) is 0.680. The van der Waals surface area contributed by atoms with Gasteiger partial charge in [0.1, 0.15) is 0 Å². The van der Waals surface area contributed by atoms with E-state index in [0.29, 0.717) is 6.42 Å². The lowest BCUT2D eigenvalue weighted by Gasteiger charge is -2.20. The van der Waals surface area contributed by atoms with Crippen LogP contribution in [-0.4, -0.2) is 11.9 Å². The summed E-state index contributed by atoms with van der Waals surface area (Å²) in [5.41, 5.74) is 0. The lowest BCUT2D eigenvalue weighted by molar-refractivity contribution is -0.122. The molecule has 0 atom stereocenters. The summed E-state index contributed by atoms with van der Waals surface area (Å²) < 4.78 is 0. The van der Waals surface area contributed by atoms with Crippen LogP contribution in [0.3, 0.4) is 0 Å². The fourth-order valence-corrected chi connectivity index (χ4v) is 2.16. The van der Waals surface area contributed by atoms with Crippen LogP contribution in [0.5, 0.6) is 0 Å². The Hall–Kier alpha value is -0.530. The first-order valence-corrected chi connectivity index (χ1v) is 5.92. The van der Waals surface area contributed by atoms with Crippen molar-refractivity contribution in [3.63, 3.8) is 0 Å². The molecular formula is C12H22NO. The van der Waals surface area contributed by atoms with Crippen LogP contribution >= 0.6 is 0 Å². The predicted octanol–water partition coefficient (Wildman–Crippen LogP) is 2.89. The highest BCUT2D eigenvalue weighted by Gasteiger charge is 2.15. The van der Waals surface area contributed by atoms with Crippen molar-refractivity contribution in [3.8, 4) is 0 Å².